The van der Waals surface area contributed by atoms with Gasteiger partial charge in [-0.15, -0.1) is 10.2 Å². The number of hydrogen-bond acceptors (Lipinski definition) is 6. The molecule has 0 atom stereocenters. The molecule has 1 aliphatic rings. The Morgan fingerprint density at radius 1 is 0.778 bits per heavy atom. The van der Waals surface area contributed by atoms with E-state index < -0.39 is 35.2 Å². The third-order valence-electron chi connectivity index (χ3n) is 5.33. The Morgan fingerprint density at radius 3 is 1.92 bits per heavy atom. The van der Waals surface area contributed by atoms with Crippen LogP contribution >= 0.6 is 0 Å². The zero-order valence-corrected chi connectivity index (χ0v) is 18.4. The van der Waals surface area contributed by atoms with Gasteiger partial charge in [-0.05, 0) is 42.5 Å². The van der Waals surface area contributed by atoms with Crippen LogP contribution in [0.1, 0.15) is 11.1 Å². The number of anilines is 4. The number of urea groups is 1. The summed E-state index contributed by atoms with van der Waals surface area (Å²) in [4.78, 5) is 19.6. The standard InChI is InChI=1S/C22H19F6N7O/c23-21(24,25)14-11-15(22(26,27)28)13-17(12-14)31-20(36)35-9-7-34(8-10-35)19-2-1-18(32-33-19)30-16-3-5-29-6-4-16/h1-6,11-13H,7-10H2,(H,31,36)(H,29,30,32). The molecule has 2 amide bonds. The van der Waals surface area contributed by atoms with E-state index in [4.69, 9.17) is 0 Å². The number of carbonyl (C=O) groups is 1. The summed E-state index contributed by atoms with van der Waals surface area (Å²) in [5.41, 5.74) is -2.81. The van der Waals surface area contributed by atoms with Gasteiger partial charge in [0.25, 0.3) is 0 Å². The molecule has 0 saturated carbocycles. The van der Waals surface area contributed by atoms with Crippen LogP contribution < -0.4 is 15.5 Å². The second-order valence-electron chi connectivity index (χ2n) is 7.84. The molecule has 0 bridgehead atoms. The number of aromatic nitrogens is 3. The Bertz CT molecular complexity index is 1160. The second kappa shape index (κ2) is 9.87. The fourth-order valence-electron chi connectivity index (χ4n) is 3.51. The molecule has 1 fully saturated rings. The van der Waals surface area contributed by atoms with Gasteiger partial charge in [-0.2, -0.15) is 26.3 Å². The van der Waals surface area contributed by atoms with Gasteiger partial charge in [-0.3, -0.25) is 4.98 Å². The van der Waals surface area contributed by atoms with Gasteiger partial charge in [-0.1, -0.05) is 0 Å². The lowest BCUT2D eigenvalue weighted by Crippen LogP contribution is -2.50. The van der Waals surface area contributed by atoms with Crippen LogP contribution in [0.2, 0.25) is 0 Å². The van der Waals surface area contributed by atoms with Crippen molar-refractivity contribution in [3.63, 3.8) is 0 Å². The Hall–Kier alpha value is -4.10. The molecule has 0 radical (unpaired) electrons. The van der Waals surface area contributed by atoms with Gasteiger partial charge in [0.1, 0.15) is 0 Å². The van der Waals surface area contributed by atoms with Gasteiger partial charge < -0.3 is 20.4 Å². The molecular formula is C22H19F6N7O. The van der Waals surface area contributed by atoms with Crippen molar-refractivity contribution in [2.24, 2.45) is 0 Å². The third kappa shape index (κ3) is 6.12. The van der Waals surface area contributed by atoms with E-state index in [-0.39, 0.29) is 19.2 Å². The fourth-order valence-corrected chi connectivity index (χ4v) is 3.51. The maximum absolute atomic E-state index is 13.1. The molecule has 0 spiro atoms. The van der Waals surface area contributed by atoms with Crippen LogP contribution in [0.5, 0.6) is 0 Å². The first-order valence-corrected chi connectivity index (χ1v) is 10.6. The van der Waals surface area contributed by atoms with Crippen LogP contribution in [-0.2, 0) is 12.4 Å². The van der Waals surface area contributed by atoms with Crippen LogP contribution in [0.3, 0.4) is 0 Å². The van der Waals surface area contributed by atoms with Gasteiger partial charge in [0.15, 0.2) is 11.6 Å². The van der Waals surface area contributed by atoms with E-state index in [1.54, 1.807) is 36.7 Å². The van der Waals surface area contributed by atoms with Crippen LogP contribution in [0.25, 0.3) is 0 Å². The summed E-state index contributed by atoms with van der Waals surface area (Å²) < 4.78 is 78.3. The maximum atomic E-state index is 13.1. The smallest absolute Gasteiger partial charge is 0.352 e. The predicted octanol–water partition coefficient (Wildman–Crippen LogP) is 5.01. The van der Waals surface area contributed by atoms with Crippen molar-refractivity contribution in [3.05, 3.63) is 66.0 Å². The highest BCUT2D eigenvalue weighted by atomic mass is 19.4. The maximum Gasteiger partial charge on any atom is 0.416 e. The Balaban J connectivity index is 1.37. The number of benzene rings is 1. The quantitative estimate of drug-likeness (QED) is 0.480. The van der Waals surface area contributed by atoms with Crippen LogP contribution in [-0.4, -0.2) is 52.3 Å². The number of amides is 2. The molecule has 1 saturated heterocycles. The summed E-state index contributed by atoms with van der Waals surface area (Å²) in [5, 5.41) is 13.5. The molecule has 3 aromatic rings. The largest absolute Gasteiger partial charge is 0.416 e. The van der Waals surface area contributed by atoms with Gasteiger partial charge in [0.05, 0.1) is 11.1 Å². The lowest BCUT2D eigenvalue weighted by atomic mass is 10.1. The van der Waals surface area contributed by atoms with Gasteiger partial charge in [0.2, 0.25) is 0 Å². The van der Waals surface area contributed by atoms with Crippen molar-refractivity contribution in [1.29, 1.82) is 0 Å². The minimum absolute atomic E-state index is 0.00726. The first kappa shape index (κ1) is 25.0. The minimum atomic E-state index is -5.00. The van der Waals surface area contributed by atoms with E-state index in [0.29, 0.717) is 36.9 Å². The lowest BCUT2D eigenvalue weighted by molar-refractivity contribution is -0.143. The van der Waals surface area contributed by atoms with Gasteiger partial charge in [0, 0.05) is 49.9 Å². The van der Waals surface area contributed by atoms with E-state index in [2.05, 4.69) is 25.8 Å². The second-order valence-corrected chi connectivity index (χ2v) is 7.84. The molecule has 0 aliphatic carbocycles. The zero-order chi connectivity index (χ0) is 25.9. The number of nitrogens with zero attached hydrogens (tertiary/aromatic N) is 5. The summed E-state index contributed by atoms with van der Waals surface area (Å²) in [6.07, 6.45) is -6.75. The van der Waals surface area contributed by atoms with Gasteiger partial charge in [-0.25, -0.2) is 4.79 Å². The molecule has 14 heteroatoms. The highest BCUT2D eigenvalue weighted by molar-refractivity contribution is 5.89. The molecular weight excluding hydrogens is 492 g/mol. The van der Waals surface area contributed by atoms with Crippen molar-refractivity contribution in [3.8, 4) is 0 Å². The molecule has 2 N–H and O–H groups in total. The number of hydrogen-bond donors (Lipinski definition) is 2. The van der Waals surface area contributed by atoms with E-state index in [1.165, 1.54) is 4.90 Å². The Kier molecular flexibility index (Phi) is 6.86. The molecule has 0 unspecified atom stereocenters. The third-order valence-corrected chi connectivity index (χ3v) is 5.33. The Morgan fingerprint density at radius 2 is 1.39 bits per heavy atom. The number of carbonyl (C=O) groups excluding carboxylic acids is 1. The topological polar surface area (TPSA) is 86.3 Å². The monoisotopic (exact) mass is 511 g/mol. The fraction of sp³-hybridized carbons (Fsp3) is 0.273. The van der Waals surface area contributed by atoms with Crippen molar-refractivity contribution in [2.45, 2.75) is 12.4 Å². The predicted molar refractivity (Wildman–Crippen MR) is 119 cm³/mol. The molecule has 3 heterocycles. The molecule has 1 aliphatic heterocycles. The SMILES string of the molecule is O=C(Nc1cc(C(F)(F)F)cc(C(F)(F)F)c1)N1CCN(c2ccc(Nc3ccncc3)nn2)CC1. The molecule has 8 nitrogen and oxygen atoms in total. The number of pyridine rings is 1. The van der Waals surface area contributed by atoms with E-state index in [9.17, 15) is 31.1 Å². The summed E-state index contributed by atoms with van der Waals surface area (Å²) in [5.74, 6) is 1.07. The first-order valence-electron chi connectivity index (χ1n) is 10.6. The highest BCUT2D eigenvalue weighted by Crippen LogP contribution is 2.37. The molecule has 190 valence electrons. The van der Waals surface area contributed by atoms with Crippen LogP contribution in [0, 0.1) is 0 Å². The number of nitrogens with one attached hydrogen (secondary N) is 2. The zero-order valence-electron chi connectivity index (χ0n) is 18.4. The Labute approximate surface area is 200 Å². The number of halogens is 6. The van der Waals surface area contributed by atoms with E-state index in [1.807, 2.05) is 4.90 Å². The molecule has 1 aromatic carbocycles. The lowest BCUT2D eigenvalue weighted by Gasteiger charge is -2.35. The van der Waals surface area contributed by atoms with Crippen molar-refractivity contribution in [2.75, 3.05) is 41.7 Å². The van der Waals surface area contributed by atoms with Crippen LogP contribution in [0.4, 0.5) is 54.1 Å². The number of rotatable bonds is 4. The molecule has 4 rings (SSSR count). The highest BCUT2D eigenvalue weighted by Gasteiger charge is 2.37. The van der Waals surface area contributed by atoms with Gasteiger partial charge >= 0.3 is 18.4 Å². The van der Waals surface area contributed by atoms with E-state index in [0.717, 1.165) is 5.69 Å². The summed E-state index contributed by atoms with van der Waals surface area (Å²) in [6.45, 7) is 1.04. The minimum Gasteiger partial charge on any atom is -0.352 e. The number of piperazine rings is 1. The van der Waals surface area contributed by atoms with Crippen molar-refractivity contribution >= 4 is 29.0 Å². The van der Waals surface area contributed by atoms with Crippen LogP contribution in [0.15, 0.2) is 54.9 Å². The first-order chi connectivity index (χ1) is 17.0. The van der Waals surface area contributed by atoms with Crippen molar-refractivity contribution in [1.82, 2.24) is 20.1 Å². The summed E-state index contributed by atoms with van der Waals surface area (Å²) >= 11 is 0. The normalized spacial score (nSPS) is 14.5. The number of alkyl halides is 6. The summed E-state index contributed by atoms with van der Waals surface area (Å²) in [6, 6.07) is 7.16. The average molecular weight is 511 g/mol. The van der Waals surface area contributed by atoms with E-state index >= 15 is 0 Å². The summed E-state index contributed by atoms with van der Waals surface area (Å²) in [7, 11) is 0. The van der Waals surface area contributed by atoms with Crippen molar-refractivity contribution < 1.29 is 31.1 Å². The molecule has 36 heavy (non-hydrogen) atoms. The molecule has 2 aromatic heterocycles. The average Bonchev–Trinajstić information content (AvgIpc) is 2.84.